The standard InChI is InChI=1S/C23H26N2O3/c1-15-22(17-10-12-25(15)13-11-17)24-23(27)18-6-8-20(9-7-18)28-21-5-3-4-19(14-21)16(2)26/h3-9,14-15,17,22H,10-13H2,1-2H3,(H,24,27). The first-order valence-corrected chi connectivity index (χ1v) is 9.95. The number of fused-ring (bicyclic) bond motifs is 3. The maximum atomic E-state index is 12.7. The number of nitrogens with one attached hydrogen (secondary N) is 1. The van der Waals surface area contributed by atoms with Crippen LogP contribution in [0, 0.1) is 5.92 Å². The van der Waals surface area contributed by atoms with E-state index >= 15 is 0 Å². The molecule has 1 amide bonds. The quantitative estimate of drug-likeness (QED) is 0.802. The lowest BCUT2D eigenvalue weighted by atomic mass is 9.79. The van der Waals surface area contributed by atoms with Crippen molar-refractivity contribution in [1.82, 2.24) is 10.2 Å². The molecular weight excluding hydrogens is 352 g/mol. The summed E-state index contributed by atoms with van der Waals surface area (Å²) in [7, 11) is 0. The summed E-state index contributed by atoms with van der Waals surface area (Å²) in [4.78, 5) is 26.7. The van der Waals surface area contributed by atoms with E-state index in [2.05, 4.69) is 17.1 Å². The topological polar surface area (TPSA) is 58.6 Å². The van der Waals surface area contributed by atoms with Gasteiger partial charge in [-0.1, -0.05) is 12.1 Å². The lowest BCUT2D eigenvalue weighted by molar-refractivity contribution is 0.0217. The van der Waals surface area contributed by atoms with Gasteiger partial charge < -0.3 is 10.1 Å². The van der Waals surface area contributed by atoms with Gasteiger partial charge in [-0.3, -0.25) is 14.5 Å². The van der Waals surface area contributed by atoms with E-state index in [9.17, 15) is 9.59 Å². The first-order valence-electron chi connectivity index (χ1n) is 9.95. The van der Waals surface area contributed by atoms with Crippen LogP contribution in [0.2, 0.25) is 0 Å². The number of carbonyl (C=O) groups excluding carboxylic acids is 2. The second-order valence-corrected chi connectivity index (χ2v) is 7.82. The third kappa shape index (κ3) is 3.80. The van der Waals surface area contributed by atoms with Gasteiger partial charge in [-0.25, -0.2) is 0 Å². The van der Waals surface area contributed by atoms with Crippen LogP contribution < -0.4 is 10.1 Å². The molecule has 0 aromatic heterocycles. The number of piperidine rings is 3. The van der Waals surface area contributed by atoms with E-state index in [1.807, 2.05) is 6.07 Å². The molecule has 0 spiro atoms. The molecule has 0 radical (unpaired) electrons. The highest BCUT2D eigenvalue weighted by atomic mass is 16.5. The minimum absolute atomic E-state index is 0.000520. The van der Waals surface area contributed by atoms with E-state index in [1.54, 1.807) is 42.5 Å². The van der Waals surface area contributed by atoms with Gasteiger partial charge in [0.25, 0.3) is 5.91 Å². The Kier molecular flexibility index (Phi) is 5.18. The molecule has 28 heavy (non-hydrogen) atoms. The number of amides is 1. The fourth-order valence-corrected chi connectivity index (χ4v) is 4.37. The summed E-state index contributed by atoms with van der Waals surface area (Å²) in [5, 5.41) is 3.25. The SMILES string of the molecule is CC(=O)c1cccc(Oc2ccc(C(=O)NC3C4CCN(CC4)C3C)cc2)c1. The zero-order chi connectivity index (χ0) is 19.7. The average molecular weight is 378 g/mol. The highest BCUT2D eigenvalue weighted by molar-refractivity contribution is 5.95. The number of hydrogen-bond donors (Lipinski definition) is 1. The van der Waals surface area contributed by atoms with Gasteiger partial charge in [-0.15, -0.1) is 0 Å². The Hall–Kier alpha value is -2.66. The second kappa shape index (κ2) is 7.76. The molecule has 5 heteroatoms. The second-order valence-electron chi connectivity index (χ2n) is 7.82. The summed E-state index contributed by atoms with van der Waals surface area (Å²) in [6, 6.07) is 14.8. The number of carbonyl (C=O) groups is 2. The fourth-order valence-electron chi connectivity index (χ4n) is 4.37. The summed E-state index contributed by atoms with van der Waals surface area (Å²) < 4.78 is 5.82. The van der Waals surface area contributed by atoms with Crippen LogP contribution in [-0.4, -0.2) is 41.8 Å². The molecule has 3 aliphatic rings. The van der Waals surface area contributed by atoms with Gasteiger partial charge in [-0.2, -0.15) is 0 Å². The van der Waals surface area contributed by atoms with Crippen molar-refractivity contribution in [2.75, 3.05) is 13.1 Å². The molecule has 2 unspecified atom stereocenters. The first-order chi connectivity index (χ1) is 13.5. The van der Waals surface area contributed by atoms with Crippen LogP contribution >= 0.6 is 0 Å². The molecule has 5 nitrogen and oxygen atoms in total. The summed E-state index contributed by atoms with van der Waals surface area (Å²) in [5.74, 6) is 1.79. The summed E-state index contributed by atoms with van der Waals surface area (Å²) in [6.45, 7) is 6.04. The van der Waals surface area contributed by atoms with E-state index < -0.39 is 0 Å². The van der Waals surface area contributed by atoms with Crippen LogP contribution in [0.15, 0.2) is 48.5 Å². The van der Waals surface area contributed by atoms with Gasteiger partial charge in [0, 0.05) is 23.2 Å². The van der Waals surface area contributed by atoms with Crippen molar-refractivity contribution in [3.05, 3.63) is 59.7 Å². The van der Waals surface area contributed by atoms with Crippen molar-refractivity contribution in [2.45, 2.75) is 38.8 Å². The van der Waals surface area contributed by atoms with E-state index in [-0.39, 0.29) is 17.7 Å². The Morgan fingerprint density at radius 2 is 1.71 bits per heavy atom. The third-order valence-corrected chi connectivity index (χ3v) is 6.07. The van der Waals surface area contributed by atoms with E-state index in [0.717, 1.165) is 13.1 Å². The molecule has 5 rings (SSSR count). The van der Waals surface area contributed by atoms with Crippen LogP contribution in [0.1, 0.15) is 47.4 Å². The predicted octanol–water partition coefficient (Wildman–Crippen LogP) is 3.89. The summed E-state index contributed by atoms with van der Waals surface area (Å²) >= 11 is 0. The number of Topliss-reactive ketones (excluding diaryl/α,β-unsaturated/α-hetero) is 1. The Labute approximate surface area is 165 Å². The molecule has 146 valence electrons. The number of hydrogen-bond acceptors (Lipinski definition) is 4. The number of nitrogens with zero attached hydrogens (tertiary/aromatic N) is 1. The molecule has 2 bridgehead atoms. The zero-order valence-electron chi connectivity index (χ0n) is 16.4. The zero-order valence-corrected chi connectivity index (χ0v) is 16.4. The molecule has 1 N–H and O–H groups in total. The lowest BCUT2D eigenvalue weighted by Gasteiger charge is -2.49. The van der Waals surface area contributed by atoms with Crippen LogP contribution in [0.4, 0.5) is 0 Å². The van der Waals surface area contributed by atoms with Gasteiger partial charge in [0.2, 0.25) is 0 Å². The minimum Gasteiger partial charge on any atom is -0.457 e. The Morgan fingerprint density at radius 1 is 1.00 bits per heavy atom. The van der Waals surface area contributed by atoms with Gasteiger partial charge >= 0.3 is 0 Å². The predicted molar refractivity (Wildman–Crippen MR) is 108 cm³/mol. The molecule has 3 saturated heterocycles. The lowest BCUT2D eigenvalue weighted by Crippen LogP contribution is -2.62. The Balaban J connectivity index is 1.41. The van der Waals surface area contributed by atoms with E-state index in [4.69, 9.17) is 4.74 Å². The van der Waals surface area contributed by atoms with Crippen LogP contribution in [0.25, 0.3) is 0 Å². The normalized spacial score (nSPS) is 25.9. The molecule has 2 aromatic carbocycles. The number of ketones is 1. The molecule has 2 aromatic rings. The van der Waals surface area contributed by atoms with Gasteiger partial charge in [0.1, 0.15) is 11.5 Å². The number of ether oxygens (including phenoxy) is 1. The van der Waals surface area contributed by atoms with Crippen molar-refractivity contribution in [1.29, 1.82) is 0 Å². The van der Waals surface area contributed by atoms with Crippen LogP contribution in [0.5, 0.6) is 11.5 Å². The number of benzene rings is 2. The summed E-state index contributed by atoms with van der Waals surface area (Å²) in [6.07, 6.45) is 2.34. The highest BCUT2D eigenvalue weighted by Gasteiger charge is 2.40. The van der Waals surface area contributed by atoms with Crippen molar-refractivity contribution < 1.29 is 14.3 Å². The Bertz CT molecular complexity index is 868. The smallest absolute Gasteiger partial charge is 0.251 e. The number of rotatable bonds is 5. The Morgan fingerprint density at radius 3 is 2.36 bits per heavy atom. The molecular formula is C23H26N2O3. The first kappa shape index (κ1) is 18.7. The van der Waals surface area contributed by atoms with Gasteiger partial charge in [-0.05, 0) is 82.1 Å². The monoisotopic (exact) mass is 378 g/mol. The molecule has 3 heterocycles. The van der Waals surface area contributed by atoms with Crippen molar-refractivity contribution >= 4 is 11.7 Å². The van der Waals surface area contributed by atoms with Crippen LogP contribution in [-0.2, 0) is 0 Å². The van der Waals surface area contributed by atoms with Crippen molar-refractivity contribution in [2.24, 2.45) is 5.92 Å². The molecule has 3 fully saturated rings. The fraction of sp³-hybridized carbons (Fsp3) is 0.391. The molecule has 3 aliphatic heterocycles. The largest absolute Gasteiger partial charge is 0.457 e. The van der Waals surface area contributed by atoms with Crippen molar-refractivity contribution in [3.8, 4) is 11.5 Å². The molecule has 2 atom stereocenters. The highest BCUT2D eigenvalue weighted by Crippen LogP contribution is 2.32. The average Bonchev–Trinajstić information content (AvgIpc) is 2.71. The molecule has 0 aliphatic carbocycles. The molecule has 0 saturated carbocycles. The van der Waals surface area contributed by atoms with Crippen LogP contribution in [0.3, 0.4) is 0 Å². The third-order valence-electron chi connectivity index (χ3n) is 6.07. The van der Waals surface area contributed by atoms with Gasteiger partial charge in [0.15, 0.2) is 5.78 Å². The van der Waals surface area contributed by atoms with E-state index in [0.29, 0.717) is 34.6 Å². The minimum atomic E-state index is -0.0317. The summed E-state index contributed by atoms with van der Waals surface area (Å²) in [5.41, 5.74) is 1.24. The van der Waals surface area contributed by atoms with Gasteiger partial charge in [0.05, 0.1) is 0 Å². The van der Waals surface area contributed by atoms with E-state index in [1.165, 1.54) is 19.8 Å². The maximum Gasteiger partial charge on any atom is 0.251 e. The van der Waals surface area contributed by atoms with Crippen molar-refractivity contribution in [3.63, 3.8) is 0 Å². The maximum absolute atomic E-state index is 12.7.